The zero-order valence-corrected chi connectivity index (χ0v) is 15.9. The van der Waals surface area contributed by atoms with E-state index >= 15 is 0 Å². The molecule has 3 N–H and O–H groups in total. The van der Waals surface area contributed by atoms with E-state index in [1.54, 1.807) is 18.3 Å². The van der Waals surface area contributed by atoms with E-state index in [2.05, 4.69) is 30.5 Å². The van der Waals surface area contributed by atoms with E-state index in [0.717, 1.165) is 11.6 Å². The van der Waals surface area contributed by atoms with Crippen LogP contribution >= 0.6 is 0 Å². The number of hydrogen-bond acceptors (Lipinski definition) is 7. The Hall–Kier alpha value is -3.11. The molecule has 0 aliphatic carbocycles. The van der Waals surface area contributed by atoms with E-state index in [-0.39, 0.29) is 18.0 Å². The van der Waals surface area contributed by atoms with Gasteiger partial charge >= 0.3 is 0 Å². The van der Waals surface area contributed by atoms with Crippen molar-refractivity contribution in [1.82, 2.24) is 19.9 Å². The molecule has 3 rings (SSSR count). The first kappa shape index (κ1) is 19.6. The van der Waals surface area contributed by atoms with Crippen molar-refractivity contribution in [3.05, 3.63) is 66.1 Å². The number of pyridine rings is 1. The zero-order chi connectivity index (χ0) is 20.0. The van der Waals surface area contributed by atoms with Gasteiger partial charge in [0.2, 0.25) is 10.0 Å². The van der Waals surface area contributed by atoms with Crippen LogP contribution in [0.2, 0.25) is 0 Å². The van der Waals surface area contributed by atoms with Crippen molar-refractivity contribution >= 4 is 27.5 Å². The van der Waals surface area contributed by atoms with Gasteiger partial charge in [-0.2, -0.15) is 0 Å². The van der Waals surface area contributed by atoms with E-state index in [1.165, 1.54) is 18.2 Å². The van der Waals surface area contributed by atoms with Crippen molar-refractivity contribution < 1.29 is 12.8 Å². The highest BCUT2D eigenvalue weighted by molar-refractivity contribution is 7.89. The molecule has 3 aromatic rings. The Kier molecular flexibility index (Phi) is 6.12. The molecule has 28 heavy (non-hydrogen) atoms. The van der Waals surface area contributed by atoms with Crippen LogP contribution < -0.4 is 15.4 Å². The van der Waals surface area contributed by atoms with Gasteiger partial charge in [-0.05, 0) is 42.8 Å². The number of aryl methyl sites for hydroxylation is 1. The summed E-state index contributed by atoms with van der Waals surface area (Å²) in [7, 11) is -3.91. The number of aromatic nitrogens is 3. The van der Waals surface area contributed by atoms with Crippen molar-refractivity contribution in [3.63, 3.8) is 0 Å². The molecule has 0 aliphatic heterocycles. The maximum Gasteiger partial charge on any atom is 0.243 e. The molecule has 0 aliphatic rings. The first-order valence-electron chi connectivity index (χ1n) is 8.45. The Labute approximate surface area is 162 Å². The number of rotatable bonds is 8. The monoisotopic (exact) mass is 402 g/mol. The third kappa shape index (κ3) is 5.21. The second-order valence-electron chi connectivity index (χ2n) is 5.90. The van der Waals surface area contributed by atoms with E-state index in [9.17, 15) is 12.8 Å². The Balaban J connectivity index is 1.49. The standard InChI is InChI=1S/C18H19FN6O2S/c1-13-6-7-16(21-12-13)23-18-9-8-17(24-25-18)20-10-11-22-28(26,27)15-5-3-2-4-14(15)19/h2-9,12,22H,10-11H2,1H3,(H,20,24)(H,21,23,25). The van der Waals surface area contributed by atoms with E-state index in [4.69, 9.17) is 0 Å². The molecule has 1 aromatic carbocycles. The molecular formula is C18H19FN6O2S. The molecule has 0 fully saturated rings. The van der Waals surface area contributed by atoms with Crippen LogP contribution in [-0.2, 0) is 10.0 Å². The van der Waals surface area contributed by atoms with Gasteiger partial charge in [0.15, 0.2) is 5.82 Å². The molecule has 0 spiro atoms. The van der Waals surface area contributed by atoms with Crippen LogP contribution in [-0.4, -0.2) is 36.7 Å². The van der Waals surface area contributed by atoms with Gasteiger partial charge in [0.1, 0.15) is 22.3 Å². The summed E-state index contributed by atoms with van der Waals surface area (Å²) in [6, 6.07) is 12.4. The van der Waals surface area contributed by atoms with Crippen LogP contribution in [0, 0.1) is 12.7 Å². The highest BCUT2D eigenvalue weighted by Crippen LogP contribution is 2.14. The SMILES string of the molecule is Cc1ccc(Nc2ccc(NCCNS(=O)(=O)c3ccccc3F)nn2)nc1. The Bertz CT molecular complexity index is 1030. The van der Waals surface area contributed by atoms with Gasteiger partial charge in [0.05, 0.1) is 0 Å². The third-order valence-electron chi connectivity index (χ3n) is 3.68. The summed E-state index contributed by atoms with van der Waals surface area (Å²) in [6.07, 6.45) is 1.74. The average molecular weight is 402 g/mol. The lowest BCUT2D eigenvalue weighted by Gasteiger charge is -2.09. The van der Waals surface area contributed by atoms with Crippen LogP contribution in [0.3, 0.4) is 0 Å². The molecule has 8 nitrogen and oxygen atoms in total. The minimum Gasteiger partial charge on any atom is -0.367 e. The first-order chi connectivity index (χ1) is 13.4. The molecule has 0 bridgehead atoms. The van der Waals surface area contributed by atoms with E-state index in [0.29, 0.717) is 17.5 Å². The molecule has 10 heteroatoms. The molecular weight excluding hydrogens is 383 g/mol. The predicted molar refractivity (Wildman–Crippen MR) is 104 cm³/mol. The normalized spacial score (nSPS) is 11.2. The van der Waals surface area contributed by atoms with Crippen molar-refractivity contribution in [2.24, 2.45) is 0 Å². The summed E-state index contributed by atoms with van der Waals surface area (Å²) in [5, 5.41) is 14.0. The van der Waals surface area contributed by atoms with Crippen LogP contribution in [0.25, 0.3) is 0 Å². The first-order valence-corrected chi connectivity index (χ1v) is 9.94. The fourth-order valence-corrected chi connectivity index (χ4v) is 3.39. The summed E-state index contributed by atoms with van der Waals surface area (Å²) in [5.74, 6) is 0.873. The molecule has 0 saturated heterocycles. The second kappa shape index (κ2) is 8.72. The minimum atomic E-state index is -3.91. The molecule has 0 saturated carbocycles. The smallest absolute Gasteiger partial charge is 0.243 e. The van der Waals surface area contributed by atoms with E-state index in [1.807, 2.05) is 19.1 Å². The van der Waals surface area contributed by atoms with E-state index < -0.39 is 15.8 Å². The predicted octanol–water partition coefficient (Wildman–Crippen LogP) is 2.45. The fourth-order valence-electron chi connectivity index (χ4n) is 2.28. The quantitative estimate of drug-likeness (QED) is 0.497. The highest BCUT2D eigenvalue weighted by atomic mass is 32.2. The number of hydrogen-bond donors (Lipinski definition) is 3. The lowest BCUT2D eigenvalue weighted by atomic mass is 10.3. The lowest BCUT2D eigenvalue weighted by molar-refractivity contribution is 0.558. The maximum absolute atomic E-state index is 13.6. The molecule has 0 radical (unpaired) electrons. The topological polar surface area (TPSA) is 109 Å². The van der Waals surface area contributed by atoms with Gasteiger partial charge in [-0.15, -0.1) is 10.2 Å². The van der Waals surface area contributed by atoms with Crippen LogP contribution in [0.1, 0.15) is 5.56 Å². The Morgan fingerprint density at radius 2 is 1.64 bits per heavy atom. The zero-order valence-electron chi connectivity index (χ0n) is 15.1. The highest BCUT2D eigenvalue weighted by Gasteiger charge is 2.17. The second-order valence-corrected chi connectivity index (χ2v) is 7.64. The summed E-state index contributed by atoms with van der Waals surface area (Å²) in [5.41, 5.74) is 1.06. The number of nitrogens with one attached hydrogen (secondary N) is 3. The number of halogens is 1. The van der Waals surface area contributed by atoms with Gasteiger partial charge < -0.3 is 10.6 Å². The van der Waals surface area contributed by atoms with Crippen molar-refractivity contribution in [1.29, 1.82) is 0 Å². The summed E-state index contributed by atoms with van der Waals surface area (Å²) >= 11 is 0. The largest absolute Gasteiger partial charge is 0.367 e. The summed E-state index contributed by atoms with van der Waals surface area (Å²) in [4.78, 5) is 3.84. The van der Waals surface area contributed by atoms with Gasteiger partial charge in [0, 0.05) is 19.3 Å². The minimum absolute atomic E-state index is 0.0611. The molecule has 2 aromatic heterocycles. The Morgan fingerprint density at radius 3 is 2.32 bits per heavy atom. The van der Waals surface area contributed by atoms with Crippen LogP contribution in [0.5, 0.6) is 0 Å². The Morgan fingerprint density at radius 1 is 0.929 bits per heavy atom. The van der Waals surface area contributed by atoms with Gasteiger partial charge in [-0.1, -0.05) is 18.2 Å². The van der Waals surface area contributed by atoms with Crippen molar-refractivity contribution in [3.8, 4) is 0 Å². The van der Waals surface area contributed by atoms with Crippen LogP contribution in [0.15, 0.2) is 59.6 Å². The fraction of sp³-hybridized carbons (Fsp3) is 0.167. The molecule has 0 unspecified atom stereocenters. The lowest BCUT2D eigenvalue weighted by Crippen LogP contribution is -2.29. The van der Waals surface area contributed by atoms with Gasteiger partial charge in [-0.3, -0.25) is 0 Å². The molecule has 0 amide bonds. The molecule has 146 valence electrons. The van der Waals surface area contributed by atoms with Crippen LogP contribution in [0.4, 0.5) is 21.8 Å². The van der Waals surface area contributed by atoms with Gasteiger partial charge in [-0.25, -0.2) is 22.5 Å². The third-order valence-corrected chi connectivity index (χ3v) is 5.18. The molecule has 2 heterocycles. The number of nitrogens with zero attached hydrogens (tertiary/aromatic N) is 3. The number of anilines is 3. The number of sulfonamides is 1. The van der Waals surface area contributed by atoms with Crippen molar-refractivity contribution in [2.45, 2.75) is 11.8 Å². The maximum atomic E-state index is 13.6. The molecule has 0 atom stereocenters. The summed E-state index contributed by atoms with van der Waals surface area (Å²) in [6.45, 7) is 2.27. The summed E-state index contributed by atoms with van der Waals surface area (Å²) < 4.78 is 40.1. The van der Waals surface area contributed by atoms with Gasteiger partial charge in [0.25, 0.3) is 0 Å². The van der Waals surface area contributed by atoms with Crippen molar-refractivity contribution in [2.75, 3.05) is 23.7 Å². The number of benzene rings is 1. The average Bonchev–Trinajstić information content (AvgIpc) is 2.68.